The van der Waals surface area contributed by atoms with E-state index in [0.29, 0.717) is 19.1 Å². The molecule has 6 nitrogen and oxygen atoms in total. The third-order valence-electron chi connectivity index (χ3n) is 2.57. The molecule has 0 atom stereocenters. The zero-order chi connectivity index (χ0) is 13.0. The average Bonchev–Trinajstić information content (AvgIpc) is 2.83. The van der Waals surface area contributed by atoms with Crippen LogP contribution < -0.4 is 10.1 Å². The molecule has 96 valence electrons. The first-order valence-corrected chi connectivity index (χ1v) is 5.91. The average molecular weight is 247 g/mol. The summed E-state index contributed by atoms with van der Waals surface area (Å²) < 4.78 is 5.69. The van der Waals surface area contributed by atoms with Crippen LogP contribution in [0.2, 0.25) is 0 Å². The molecule has 6 heteroatoms. The fourth-order valence-electron chi connectivity index (χ4n) is 1.94. The highest BCUT2D eigenvalue weighted by molar-refractivity contribution is 5.45. The van der Waals surface area contributed by atoms with Gasteiger partial charge in [-0.3, -0.25) is 0 Å². The second-order valence-corrected chi connectivity index (χ2v) is 4.09. The molecule has 1 heterocycles. The molecule has 18 heavy (non-hydrogen) atoms. The fourth-order valence-corrected chi connectivity index (χ4v) is 1.94. The van der Waals surface area contributed by atoms with Crippen molar-refractivity contribution in [3.8, 4) is 5.75 Å². The molecule has 1 aromatic carbocycles. The predicted octanol–water partition coefficient (Wildman–Crippen LogP) is 1.83. The van der Waals surface area contributed by atoms with Crippen molar-refractivity contribution < 1.29 is 4.74 Å². The van der Waals surface area contributed by atoms with Crippen molar-refractivity contribution in [2.24, 2.45) is 0 Å². The van der Waals surface area contributed by atoms with Crippen molar-refractivity contribution in [2.75, 3.05) is 11.9 Å². The van der Waals surface area contributed by atoms with Crippen molar-refractivity contribution in [1.29, 1.82) is 0 Å². The van der Waals surface area contributed by atoms with Crippen LogP contribution in [0.1, 0.15) is 23.6 Å². The van der Waals surface area contributed by atoms with E-state index in [2.05, 4.69) is 51.9 Å². The Morgan fingerprint density at radius 2 is 2.17 bits per heavy atom. The van der Waals surface area contributed by atoms with Gasteiger partial charge in [-0.2, -0.15) is 5.21 Å². The van der Waals surface area contributed by atoms with Crippen molar-refractivity contribution in [3.63, 3.8) is 0 Å². The monoisotopic (exact) mass is 247 g/mol. The van der Waals surface area contributed by atoms with Crippen LogP contribution in [-0.2, 0) is 6.54 Å². The van der Waals surface area contributed by atoms with Crippen molar-refractivity contribution in [3.05, 3.63) is 28.8 Å². The molecule has 2 aromatic rings. The summed E-state index contributed by atoms with van der Waals surface area (Å²) in [5.41, 5.74) is 3.45. The Labute approximate surface area is 106 Å². The quantitative estimate of drug-likeness (QED) is 0.843. The standard InChI is InChI=1S/C12H17N5O/c1-4-18-11-9(3)5-8(2)6-10(11)7-13-12-14-16-17-15-12/h5-6H,4,7H2,1-3H3,(H2,13,14,15,16,17). The lowest BCUT2D eigenvalue weighted by Crippen LogP contribution is -2.06. The summed E-state index contributed by atoms with van der Waals surface area (Å²) >= 11 is 0. The molecule has 0 radical (unpaired) electrons. The molecule has 0 bridgehead atoms. The number of hydrogen-bond donors (Lipinski definition) is 2. The molecule has 0 aliphatic heterocycles. The molecular formula is C12H17N5O. The molecular weight excluding hydrogens is 230 g/mol. The minimum atomic E-state index is 0.483. The van der Waals surface area contributed by atoms with Crippen LogP contribution in [-0.4, -0.2) is 27.2 Å². The van der Waals surface area contributed by atoms with Gasteiger partial charge in [0.15, 0.2) is 0 Å². The molecule has 2 N–H and O–H groups in total. The first-order chi connectivity index (χ1) is 8.70. The van der Waals surface area contributed by atoms with Crippen LogP contribution in [0.3, 0.4) is 0 Å². The number of ether oxygens (including phenoxy) is 1. The minimum absolute atomic E-state index is 0.483. The van der Waals surface area contributed by atoms with E-state index in [1.165, 1.54) is 5.56 Å². The lowest BCUT2D eigenvalue weighted by atomic mass is 10.1. The topological polar surface area (TPSA) is 75.7 Å². The Hall–Kier alpha value is -2.11. The first kappa shape index (κ1) is 12.3. The van der Waals surface area contributed by atoms with E-state index >= 15 is 0 Å². The molecule has 1 aromatic heterocycles. The number of anilines is 1. The zero-order valence-corrected chi connectivity index (χ0v) is 10.8. The maximum absolute atomic E-state index is 5.69. The second kappa shape index (κ2) is 5.48. The zero-order valence-electron chi connectivity index (χ0n) is 10.8. The van der Waals surface area contributed by atoms with E-state index in [9.17, 15) is 0 Å². The normalized spacial score (nSPS) is 10.4. The fraction of sp³-hybridized carbons (Fsp3) is 0.417. The summed E-state index contributed by atoms with van der Waals surface area (Å²) in [4.78, 5) is 0. The SMILES string of the molecule is CCOc1c(C)cc(C)cc1CNc1nn[nH]n1. The van der Waals surface area contributed by atoms with Gasteiger partial charge in [0.25, 0.3) is 5.95 Å². The molecule has 0 saturated heterocycles. The van der Waals surface area contributed by atoms with Gasteiger partial charge in [0.2, 0.25) is 0 Å². The summed E-state index contributed by atoms with van der Waals surface area (Å²) in [6.45, 7) is 7.36. The van der Waals surface area contributed by atoms with E-state index in [1.807, 2.05) is 6.92 Å². The van der Waals surface area contributed by atoms with E-state index in [-0.39, 0.29) is 0 Å². The van der Waals surface area contributed by atoms with Crippen molar-refractivity contribution in [2.45, 2.75) is 27.3 Å². The second-order valence-electron chi connectivity index (χ2n) is 4.09. The van der Waals surface area contributed by atoms with Gasteiger partial charge in [-0.05, 0) is 31.5 Å². The largest absolute Gasteiger partial charge is 0.493 e. The summed E-state index contributed by atoms with van der Waals surface area (Å²) in [6, 6.07) is 4.22. The number of aromatic amines is 1. The number of tetrazole rings is 1. The Bertz CT molecular complexity index is 509. The van der Waals surface area contributed by atoms with Gasteiger partial charge in [-0.1, -0.05) is 22.8 Å². The van der Waals surface area contributed by atoms with E-state index in [1.54, 1.807) is 0 Å². The number of nitrogens with one attached hydrogen (secondary N) is 2. The summed E-state index contributed by atoms with van der Waals surface area (Å²) in [5, 5.41) is 16.7. The van der Waals surface area contributed by atoms with Crippen LogP contribution >= 0.6 is 0 Å². The predicted molar refractivity (Wildman–Crippen MR) is 68.6 cm³/mol. The van der Waals surface area contributed by atoms with Crippen LogP contribution in [0.5, 0.6) is 5.75 Å². The molecule has 0 aliphatic rings. The van der Waals surface area contributed by atoms with Gasteiger partial charge in [0, 0.05) is 12.1 Å². The van der Waals surface area contributed by atoms with Crippen molar-refractivity contribution in [1.82, 2.24) is 20.6 Å². The third kappa shape index (κ3) is 2.77. The highest BCUT2D eigenvalue weighted by Crippen LogP contribution is 2.26. The summed E-state index contributed by atoms with van der Waals surface area (Å²) in [6.07, 6.45) is 0. The number of hydrogen-bond acceptors (Lipinski definition) is 5. The van der Waals surface area contributed by atoms with Gasteiger partial charge < -0.3 is 10.1 Å². The Morgan fingerprint density at radius 3 is 2.83 bits per heavy atom. The number of H-pyrrole nitrogens is 1. The highest BCUT2D eigenvalue weighted by atomic mass is 16.5. The maximum Gasteiger partial charge on any atom is 0.263 e. The highest BCUT2D eigenvalue weighted by Gasteiger charge is 2.09. The number of aromatic nitrogens is 4. The van der Waals surface area contributed by atoms with Crippen LogP contribution in [0.4, 0.5) is 5.95 Å². The van der Waals surface area contributed by atoms with Gasteiger partial charge in [0.1, 0.15) is 5.75 Å². The van der Waals surface area contributed by atoms with Gasteiger partial charge in [-0.25, -0.2) is 0 Å². The Morgan fingerprint density at radius 1 is 1.33 bits per heavy atom. The van der Waals surface area contributed by atoms with E-state index < -0.39 is 0 Å². The molecule has 2 rings (SSSR count). The molecule has 0 aliphatic carbocycles. The summed E-state index contributed by atoms with van der Waals surface area (Å²) in [5.74, 6) is 1.41. The van der Waals surface area contributed by atoms with Crippen LogP contribution in [0, 0.1) is 13.8 Å². The Kier molecular flexibility index (Phi) is 3.76. The first-order valence-electron chi connectivity index (χ1n) is 5.91. The summed E-state index contributed by atoms with van der Waals surface area (Å²) in [7, 11) is 0. The third-order valence-corrected chi connectivity index (χ3v) is 2.57. The van der Waals surface area contributed by atoms with Gasteiger partial charge >= 0.3 is 0 Å². The lowest BCUT2D eigenvalue weighted by Gasteiger charge is -2.14. The maximum atomic E-state index is 5.69. The Balaban J connectivity index is 2.19. The minimum Gasteiger partial charge on any atom is -0.493 e. The van der Waals surface area contributed by atoms with Crippen molar-refractivity contribution >= 4 is 5.95 Å². The number of nitrogens with zero attached hydrogens (tertiary/aromatic N) is 3. The molecule has 0 unspecified atom stereocenters. The van der Waals surface area contributed by atoms with Crippen LogP contribution in [0.25, 0.3) is 0 Å². The van der Waals surface area contributed by atoms with Gasteiger partial charge in [0.05, 0.1) is 6.61 Å². The number of aryl methyl sites for hydroxylation is 2. The number of rotatable bonds is 5. The molecule has 0 saturated carbocycles. The van der Waals surface area contributed by atoms with E-state index in [4.69, 9.17) is 4.74 Å². The lowest BCUT2D eigenvalue weighted by molar-refractivity contribution is 0.334. The van der Waals surface area contributed by atoms with Crippen LogP contribution in [0.15, 0.2) is 12.1 Å². The molecule has 0 spiro atoms. The molecule has 0 fully saturated rings. The molecule has 0 amide bonds. The van der Waals surface area contributed by atoms with Gasteiger partial charge in [-0.15, -0.1) is 5.10 Å². The number of benzene rings is 1. The smallest absolute Gasteiger partial charge is 0.263 e. The van der Waals surface area contributed by atoms with E-state index in [0.717, 1.165) is 16.9 Å².